The fraction of sp³-hybridized carbons (Fsp3) is 0.400. The Morgan fingerprint density at radius 3 is 2.41 bits per heavy atom. The first kappa shape index (κ1) is 28.7. The zero-order valence-corrected chi connectivity index (χ0v) is 23.0. The molecule has 0 radical (unpaired) electrons. The van der Waals surface area contributed by atoms with Gasteiger partial charge in [0.25, 0.3) is 0 Å². The SMILES string of the molecule is COP(=O)(Cn1c(C[C@@H](NC(=O)OC(C)(C)C)C(=O)OCc2ccccc2)nc2ccc(Cl)cc21)OC. The Morgan fingerprint density at radius 2 is 1.78 bits per heavy atom. The number of ether oxygens (including phenoxy) is 2. The number of benzene rings is 2. The van der Waals surface area contributed by atoms with Crippen molar-refractivity contribution in [3.63, 3.8) is 0 Å². The quantitative estimate of drug-likeness (QED) is 0.266. The average Bonchev–Trinajstić information content (AvgIpc) is 3.17. The number of carbonyl (C=O) groups is 2. The molecule has 10 nitrogen and oxygen atoms in total. The number of nitrogens with zero attached hydrogens (tertiary/aromatic N) is 2. The smallest absolute Gasteiger partial charge is 0.408 e. The van der Waals surface area contributed by atoms with Crippen LogP contribution >= 0.6 is 19.2 Å². The maximum absolute atomic E-state index is 13.1. The van der Waals surface area contributed by atoms with E-state index in [4.69, 9.17) is 30.1 Å². The van der Waals surface area contributed by atoms with Crippen LogP contribution < -0.4 is 5.32 Å². The van der Waals surface area contributed by atoms with Crippen molar-refractivity contribution in [3.05, 3.63) is 64.9 Å². The van der Waals surface area contributed by atoms with Gasteiger partial charge in [-0.1, -0.05) is 41.9 Å². The van der Waals surface area contributed by atoms with Crippen LogP contribution in [-0.2, 0) is 47.2 Å². The fourth-order valence-corrected chi connectivity index (χ4v) is 4.69. The molecule has 0 unspecified atom stereocenters. The average molecular weight is 552 g/mol. The van der Waals surface area contributed by atoms with E-state index < -0.39 is 31.3 Å². The number of aromatic nitrogens is 2. The standard InChI is InChI=1S/C25H31ClN3O7P/c1-25(2,3)36-24(31)28-20(23(30)35-15-17-9-7-6-8-10-17)14-22-27-19-12-11-18(26)13-21(19)29(22)16-37(32,33-4)34-5/h6-13,20H,14-16H2,1-5H3,(H,28,31)/t20-/m1/s1. The van der Waals surface area contributed by atoms with Crippen molar-refractivity contribution in [2.45, 2.75) is 51.7 Å². The Hall–Kier alpha value is -2.91. The second-order valence-electron chi connectivity index (χ2n) is 9.20. The van der Waals surface area contributed by atoms with Crippen LogP contribution in [0.5, 0.6) is 0 Å². The molecule has 1 N–H and O–H groups in total. The van der Waals surface area contributed by atoms with Crippen molar-refractivity contribution in [2.75, 3.05) is 14.2 Å². The van der Waals surface area contributed by atoms with Gasteiger partial charge in [0, 0.05) is 25.7 Å². The topological polar surface area (TPSA) is 118 Å². The summed E-state index contributed by atoms with van der Waals surface area (Å²) in [7, 11) is -0.977. The second kappa shape index (κ2) is 12.1. The predicted molar refractivity (Wildman–Crippen MR) is 139 cm³/mol. The summed E-state index contributed by atoms with van der Waals surface area (Å²) in [5.41, 5.74) is 1.11. The van der Waals surface area contributed by atoms with E-state index in [2.05, 4.69) is 10.3 Å². The van der Waals surface area contributed by atoms with E-state index in [0.717, 1.165) is 5.56 Å². The first-order valence-corrected chi connectivity index (χ1v) is 13.6. The lowest BCUT2D eigenvalue weighted by atomic mass is 10.2. The highest BCUT2D eigenvalue weighted by atomic mass is 35.5. The van der Waals surface area contributed by atoms with E-state index in [9.17, 15) is 14.2 Å². The highest BCUT2D eigenvalue weighted by Crippen LogP contribution is 2.49. The monoisotopic (exact) mass is 551 g/mol. The van der Waals surface area contributed by atoms with Gasteiger partial charge in [0.1, 0.15) is 30.4 Å². The molecule has 12 heteroatoms. The minimum absolute atomic E-state index is 0.0146. The molecule has 0 bridgehead atoms. The van der Waals surface area contributed by atoms with Crippen LogP contribution in [0, 0.1) is 0 Å². The van der Waals surface area contributed by atoms with Gasteiger partial charge in [-0.25, -0.2) is 14.6 Å². The Morgan fingerprint density at radius 1 is 1.11 bits per heavy atom. The molecule has 37 heavy (non-hydrogen) atoms. The van der Waals surface area contributed by atoms with Gasteiger partial charge >= 0.3 is 19.7 Å². The number of halogens is 1. The molecule has 1 aromatic heterocycles. The van der Waals surface area contributed by atoms with E-state index in [1.807, 2.05) is 30.3 Å². The van der Waals surface area contributed by atoms with Gasteiger partial charge in [-0.05, 0) is 44.5 Å². The molecule has 0 aliphatic heterocycles. The molecule has 1 atom stereocenters. The first-order chi connectivity index (χ1) is 17.4. The van der Waals surface area contributed by atoms with Crippen LogP contribution in [-0.4, -0.2) is 47.5 Å². The predicted octanol–water partition coefficient (Wildman–Crippen LogP) is 5.31. The summed E-state index contributed by atoms with van der Waals surface area (Å²) in [6, 6.07) is 13.0. The van der Waals surface area contributed by atoms with Crippen molar-refractivity contribution >= 4 is 42.3 Å². The number of amides is 1. The van der Waals surface area contributed by atoms with Gasteiger partial charge in [-0.2, -0.15) is 0 Å². The third kappa shape index (κ3) is 8.04. The fourth-order valence-electron chi connectivity index (χ4n) is 3.48. The summed E-state index contributed by atoms with van der Waals surface area (Å²) in [6.45, 7) is 5.16. The third-order valence-electron chi connectivity index (χ3n) is 5.25. The van der Waals surface area contributed by atoms with Crippen molar-refractivity contribution < 1.29 is 32.7 Å². The number of esters is 1. The molecule has 1 heterocycles. The van der Waals surface area contributed by atoms with Crippen molar-refractivity contribution in [2.24, 2.45) is 0 Å². The summed E-state index contributed by atoms with van der Waals surface area (Å²) in [6.07, 6.45) is -1.07. The second-order valence-corrected chi connectivity index (χ2v) is 11.9. The first-order valence-electron chi connectivity index (χ1n) is 11.5. The molecule has 0 fully saturated rings. The summed E-state index contributed by atoms with van der Waals surface area (Å²) < 4.78 is 35.7. The Labute approximate surface area is 220 Å². The molecule has 200 valence electrons. The van der Waals surface area contributed by atoms with Gasteiger partial charge in [0.15, 0.2) is 0 Å². The number of hydrogen-bond acceptors (Lipinski definition) is 8. The number of nitrogens with one attached hydrogen (secondary N) is 1. The summed E-state index contributed by atoms with van der Waals surface area (Å²) in [5.74, 6) is -0.350. The van der Waals surface area contributed by atoms with Gasteiger partial charge < -0.3 is 28.4 Å². The van der Waals surface area contributed by atoms with Crippen LogP contribution in [0.3, 0.4) is 0 Å². The largest absolute Gasteiger partial charge is 0.459 e. The van der Waals surface area contributed by atoms with E-state index in [-0.39, 0.29) is 19.3 Å². The Balaban J connectivity index is 1.95. The Bertz CT molecular complexity index is 1280. The van der Waals surface area contributed by atoms with E-state index >= 15 is 0 Å². The normalized spacial score (nSPS) is 12.8. The lowest BCUT2D eigenvalue weighted by molar-refractivity contribution is -0.147. The molecule has 3 rings (SSSR count). The maximum atomic E-state index is 13.1. The molecule has 1 amide bonds. The van der Waals surface area contributed by atoms with Crippen molar-refractivity contribution in [1.82, 2.24) is 14.9 Å². The Kier molecular flexibility index (Phi) is 9.36. The van der Waals surface area contributed by atoms with Gasteiger partial charge in [-0.15, -0.1) is 0 Å². The molecular formula is C25H31ClN3O7P. The summed E-state index contributed by atoms with van der Waals surface area (Å²) in [4.78, 5) is 30.3. The van der Waals surface area contributed by atoms with E-state index in [0.29, 0.717) is 21.9 Å². The van der Waals surface area contributed by atoms with Gasteiger partial charge in [0.05, 0.1) is 11.0 Å². The van der Waals surface area contributed by atoms with Crippen molar-refractivity contribution in [1.29, 1.82) is 0 Å². The zero-order chi connectivity index (χ0) is 27.2. The van der Waals surface area contributed by atoms with Gasteiger partial charge in [-0.3, -0.25) is 4.57 Å². The highest BCUT2D eigenvalue weighted by Gasteiger charge is 2.31. The third-order valence-corrected chi connectivity index (χ3v) is 7.22. The molecular weight excluding hydrogens is 521 g/mol. The number of imidazole rings is 1. The van der Waals surface area contributed by atoms with E-state index in [1.165, 1.54) is 14.2 Å². The minimum Gasteiger partial charge on any atom is -0.459 e. The van der Waals surface area contributed by atoms with Crippen LogP contribution in [0.2, 0.25) is 5.02 Å². The lowest BCUT2D eigenvalue weighted by Crippen LogP contribution is -2.45. The van der Waals surface area contributed by atoms with Crippen LogP contribution in [0.4, 0.5) is 4.79 Å². The molecule has 0 spiro atoms. The van der Waals surface area contributed by atoms with Crippen LogP contribution in [0.1, 0.15) is 32.2 Å². The molecule has 0 saturated heterocycles. The number of hydrogen-bond donors (Lipinski definition) is 1. The molecule has 3 aromatic rings. The molecule has 2 aromatic carbocycles. The van der Waals surface area contributed by atoms with Crippen LogP contribution in [0.15, 0.2) is 48.5 Å². The number of rotatable bonds is 10. The minimum atomic E-state index is -3.54. The molecule has 0 aliphatic rings. The number of alkyl carbamates (subject to hydrolysis) is 1. The lowest BCUT2D eigenvalue weighted by Gasteiger charge is -2.23. The summed E-state index contributed by atoms with van der Waals surface area (Å²) in [5, 5.41) is 3.03. The van der Waals surface area contributed by atoms with Crippen LogP contribution in [0.25, 0.3) is 11.0 Å². The van der Waals surface area contributed by atoms with E-state index in [1.54, 1.807) is 43.5 Å². The van der Waals surface area contributed by atoms with Gasteiger partial charge in [0.2, 0.25) is 0 Å². The number of fused-ring (bicyclic) bond motifs is 1. The molecule has 0 saturated carbocycles. The number of carbonyl (C=O) groups excluding carboxylic acids is 2. The zero-order valence-electron chi connectivity index (χ0n) is 21.4. The maximum Gasteiger partial charge on any atom is 0.408 e. The highest BCUT2D eigenvalue weighted by molar-refractivity contribution is 7.52. The molecule has 0 aliphatic carbocycles. The van der Waals surface area contributed by atoms with Crippen molar-refractivity contribution in [3.8, 4) is 0 Å². The summed E-state index contributed by atoms with van der Waals surface area (Å²) >= 11 is 6.20.